The van der Waals surface area contributed by atoms with E-state index in [2.05, 4.69) is 34.1 Å². The van der Waals surface area contributed by atoms with Crippen LogP contribution in [-0.2, 0) is 30.0 Å². The molecule has 7 heteroatoms. The number of nitrogens with zero attached hydrogens (tertiary/aromatic N) is 4. The van der Waals surface area contributed by atoms with Gasteiger partial charge in [0, 0.05) is 32.9 Å². The fourth-order valence-corrected chi connectivity index (χ4v) is 5.76. The first-order valence-corrected chi connectivity index (χ1v) is 11.7. The Morgan fingerprint density at radius 1 is 1.00 bits per heavy atom. The lowest BCUT2D eigenvalue weighted by molar-refractivity contribution is 0.272. The summed E-state index contributed by atoms with van der Waals surface area (Å²) in [5.41, 5.74) is 2.75. The summed E-state index contributed by atoms with van der Waals surface area (Å²) in [6.45, 7) is 4.67. The van der Waals surface area contributed by atoms with Gasteiger partial charge < -0.3 is 4.57 Å². The fourth-order valence-electron chi connectivity index (χ4n) is 4.32. The Labute approximate surface area is 168 Å². The van der Waals surface area contributed by atoms with Crippen LogP contribution in [0.2, 0.25) is 0 Å². The highest BCUT2D eigenvalue weighted by molar-refractivity contribution is 7.89. The van der Waals surface area contributed by atoms with Crippen LogP contribution in [0.15, 0.2) is 41.8 Å². The van der Waals surface area contributed by atoms with E-state index in [0.717, 1.165) is 25.8 Å². The second kappa shape index (κ2) is 8.35. The van der Waals surface area contributed by atoms with Gasteiger partial charge >= 0.3 is 0 Å². The molecule has 28 heavy (non-hydrogen) atoms. The summed E-state index contributed by atoms with van der Waals surface area (Å²) in [7, 11) is -1.67. The number of imidazole rings is 1. The van der Waals surface area contributed by atoms with Crippen LogP contribution in [0.1, 0.15) is 36.8 Å². The summed E-state index contributed by atoms with van der Waals surface area (Å²) in [6, 6.07) is 9.02. The third-order valence-corrected chi connectivity index (χ3v) is 7.80. The second-order valence-electron chi connectivity index (χ2n) is 8.23. The molecule has 152 valence electrons. The van der Waals surface area contributed by atoms with E-state index in [9.17, 15) is 8.42 Å². The first kappa shape index (κ1) is 19.6. The first-order valence-electron chi connectivity index (χ1n) is 10.3. The van der Waals surface area contributed by atoms with Crippen molar-refractivity contribution in [3.05, 3.63) is 47.9 Å². The Morgan fingerprint density at radius 3 is 2.25 bits per heavy atom. The van der Waals surface area contributed by atoms with E-state index >= 15 is 0 Å². The Kier molecular flexibility index (Phi) is 5.85. The van der Waals surface area contributed by atoms with E-state index in [0.29, 0.717) is 19.0 Å². The van der Waals surface area contributed by atoms with Crippen molar-refractivity contribution in [3.8, 4) is 0 Å². The molecule has 4 rings (SSSR count). The molecule has 6 nitrogen and oxygen atoms in total. The molecule has 1 aromatic heterocycles. The van der Waals surface area contributed by atoms with E-state index in [1.807, 2.05) is 0 Å². The van der Waals surface area contributed by atoms with Gasteiger partial charge in [-0.3, -0.25) is 4.90 Å². The maximum Gasteiger partial charge on any atom is 0.262 e. The van der Waals surface area contributed by atoms with Crippen molar-refractivity contribution in [2.75, 3.05) is 26.2 Å². The minimum absolute atomic E-state index is 0.155. The SMILES string of the molecule is Cn1cnc(S(=O)(=O)N2CCC(Cc3ccc(CN4CCCC4)cc3)CC2)c1. The summed E-state index contributed by atoms with van der Waals surface area (Å²) in [6.07, 6.45) is 8.60. The van der Waals surface area contributed by atoms with Gasteiger partial charge in [0.05, 0.1) is 6.33 Å². The molecule has 0 spiro atoms. The minimum atomic E-state index is -3.46. The quantitative estimate of drug-likeness (QED) is 0.745. The Morgan fingerprint density at radius 2 is 1.64 bits per heavy atom. The van der Waals surface area contributed by atoms with Crippen LogP contribution in [0.25, 0.3) is 0 Å². The van der Waals surface area contributed by atoms with Gasteiger partial charge in [-0.15, -0.1) is 0 Å². The van der Waals surface area contributed by atoms with Crippen LogP contribution in [0, 0.1) is 5.92 Å². The number of rotatable bonds is 6. The lowest BCUT2D eigenvalue weighted by atomic mass is 9.91. The van der Waals surface area contributed by atoms with Crippen molar-refractivity contribution in [2.24, 2.45) is 13.0 Å². The average molecular weight is 403 g/mol. The predicted molar refractivity (Wildman–Crippen MR) is 109 cm³/mol. The van der Waals surface area contributed by atoms with Crippen molar-refractivity contribution in [1.82, 2.24) is 18.8 Å². The van der Waals surface area contributed by atoms with Crippen LogP contribution >= 0.6 is 0 Å². The number of aryl methyl sites for hydroxylation is 1. The summed E-state index contributed by atoms with van der Waals surface area (Å²) < 4.78 is 28.6. The Bertz CT molecular complexity index is 877. The molecule has 0 aliphatic carbocycles. The van der Waals surface area contributed by atoms with Crippen molar-refractivity contribution < 1.29 is 8.42 Å². The maximum atomic E-state index is 12.7. The number of hydrogen-bond acceptors (Lipinski definition) is 4. The molecule has 2 fully saturated rings. The van der Waals surface area contributed by atoms with E-state index in [1.54, 1.807) is 22.1 Å². The molecule has 2 saturated heterocycles. The number of likely N-dealkylation sites (tertiary alicyclic amines) is 1. The molecule has 3 heterocycles. The predicted octanol–water partition coefficient (Wildman–Crippen LogP) is 2.66. The number of aromatic nitrogens is 2. The van der Waals surface area contributed by atoms with Gasteiger partial charge in [0.2, 0.25) is 0 Å². The monoisotopic (exact) mass is 402 g/mol. The van der Waals surface area contributed by atoms with E-state index in [4.69, 9.17) is 0 Å². The molecule has 0 amide bonds. The van der Waals surface area contributed by atoms with Crippen molar-refractivity contribution in [3.63, 3.8) is 0 Å². The summed E-state index contributed by atoms with van der Waals surface area (Å²) in [5.74, 6) is 0.541. The summed E-state index contributed by atoms with van der Waals surface area (Å²) in [4.78, 5) is 6.54. The lowest BCUT2D eigenvalue weighted by Gasteiger charge is -2.30. The molecule has 2 aliphatic rings. The van der Waals surface area contributed by atoms with Crippen LogP contribution in [-0.4, -0.2) is 53.4 Å². The molecule has 2 aromatic rings. The minimum Gasteiger partial charge on any atom is -0.339 e. The van der Waals surface area contributed by atoms with Gasteiger partial charge in [-0.25, -0.2) is 13.4 Å². The van der Waals surface area contributed by atoms with Gasteiger partial charge in [0.15, 0.2) is 5.03 Å². The highest BCUT2D eigenvalue weighted by atomic mass is 32.2. The van der Waals surface area contributed by atoms with Crippen LogP contribution in [0.4, 0.5) is 0 Å². The van der Waals surface area contributed by atoms with Crippen molar-refractivity contribution >= 4 is 10.0 Å². The smallest absolute Gasteiger partial charge is 0.262 e. The lowest BCUT2D eigenvalue weighted by Crippen LogP contribution is -2.39. The normalized spacial score (nSPS) is 20.0. The third kappa shape index (κ3) is 4.47. The number of hydrogen-bond donors (Lipinski definition) is 0. The number of piperidine rings is 1. The van der Waals surface area contributed by atoms with Crippen LogP contribution < -0.4 is 0 Å². The third-order valence-electron chi connectivity index (χ3n) is 6.01. The molecule has 0 N–H and O–H groups in total. The van der Waals surface area contributed by atoms with Crippen molar-refractivity contribution in [2.45, 2.75) is 43.7 Å². The van der Waals surface area contributed by atoms with Gasteiger partial charge in [0.25, 0.3) is 10.0 Å². The van der Waals surface area contributed by atoms with Crippen LogP contribution in [0.5, 0.6) is 0 Å². The van der Waals surface area contributed by atoms with E-state index in [-0.39, 0.29) is 5.03 Å². The average Bonchev–Trinajstić information content (AvgIpc) is 3.36. The molecular weight excluding hydrogens is 372 g/mol. The van der Waals surface area contributed by atoms with Crippen molar-refractivity contribution in [1.29, 1.82) is 0 Å². The van der Waals surface area contributed by atoms with Gasteiger partial charge in [-0.2, -0.15) is 4.31 Å². The molecule has 0 saturated carbocycles. The standard InChI is InChI=1S/C21H30N4O2S/c1-23-16-21(22-17-23)28(26,27)25-12-8-19(9-13-25)14-18-4-6-20(7-5-18)15-24-10-2-3-11-24/h4-7,16-17,19H,2-3,8-15H2,1H3. The van der Waals surface area contributed by atoms with Gasteiger partial charge in [0.1, 0.15) is 0 Å². The molecule has 0 atom stereocenters. The second-order valence-corrected chi connectivity index (χ2v) is 10.1. The molecule has 2 aliphatic heterocycles. The van der Waals surface area contributed by atoms with Gasteiger partial charge in [-0.1, -0.05) is 24.3 Å². The Hall–Kier alpha value is -1.70. The number of benzene rings is 1. The molecular formula is C21H30N4O2S. The zero-order valence-corrected chi connectivity index (χ0v) is 17.4. The highest BCUT2D eigenvalue weighted by Crippen LogP contribution is 2.26. The molecule has 0 unspecified atom stereocenters. The Balaban J connectivity index is 1.29. The zero-order valence-electron chi connectivity index (χ0n) is 16.6. The molecule has 1 aromatic carbocycles. The largest absolute Gasteiger partial charge is 0.339 e. The first-order chi connectivity index (χ1) is 13.5. The van der Waals surface area contributed by atoms with Crippen LogP contribution in [0.3, 0.4) is 0 Å². The topological polar surface area (TPSA) is 58.4 Å². The maximum absolute atomic E-state index is 12.7. The van der Waals surface area contributed by atoms with Gasteiger partial charge in [-0.05, 0) is 62.2 Å². The van der Waals surface area contributed by atoms with E-state index in [1.165, 1.54) is 43.4 Å². The summed E-state index contributed by atoms with van der Waals surface area (Å²) in [5, 5.41) is 0.155. The highest BCUT2D eigenvalue weighted by Gasteiger charge is 2.30. The molecule has 0 radical (unpaired) electrons. The zero-order chi connectivity index (χ0) is 19.6. The number of sulfonamides is 1. The summed E-state index contributed by atoms with van der Waals surface area (Å²) >= 11 is 0. The van der Waals surface area contributed by atoms with E-state index < -0.39 is 10.0 Å². The fraction of sp³-hybridized carbons (Fsp3) is 0.571. The molecule has 0 bridgehead atoms.